The summed E-state index contributed by atoms with van der Waals surface area (Å²) in [5.74, 6) is 0.122. The molecular weight excluding hydrogens is 258 g/mol. The first-order chi connectivity index (χ1) is 9.21. The molecule has 0 fully saturated rings. The molecule has 0 unspecified atom stereocenters. The standard InChI is InChI=1S/C15H23NO2S/c1-3-4-9-16(10-11-17)12-15(18)13-5-7-14(19-2)8-6-13/h5-8,17H,3-4,9-12H2,1-2H3. The molecular formula is C15H23NO2S. The number of nitrogens with zero attached hydrogens (tertiary/aromatic N) is 1. The van der Waals surface area contributed by atoms with E-state index in [1.54, 1.807) is 11.8 Å². The Hall–Kier alpha value is -0.840. The van der Waals surface area contributed by atoms with Crippen molar-refractivity contribution in [3.05, 3.63) is 29.8 Å². The number of Topliss-reactive ketones (excluding diaryl/α,β-unsaturated/α-hetero) is 1. The normalized spacial score (nSPS) is 10.9. The number of unbranched alkanes of at least 4 members (excludes halogenated alkanes) is 1. The number of rotatable bonds is 9. The number of aliphatic hydroxyl groups excluding tert-OH is 1. The van der Waals surface area contributed by atoms with Gasteiger partial charge in [-0.3, -0.25) is 9.69 Å². The summed E-state index contributed by atoms with van der Waals surface area (Å²) in [6, 6.07) is 7.71. The van der Waals surface area contributed by atoms with Crippen LogP contribution in [0.5, 0.6) is 0 Å². The lowest BCUT2D eigenvalue weighted by molar-refractivity contribution is 0.0913. The number of carbonyl (C=O) groups excluding carboxylic acids is 1. The van der Waals surface area contributed by atoms with Gasteiger partial charge in [-0.1, -0.05) is 25.5 Å². The first kappa shape index (κ1) is 16.2. The van der Waals surface area contributed by atoms with Crippen LogP contribution >= 0.6 is 11.8 Å². The highest BCUT2D eigenvalue weighted by Gasteiger charge is 2.11. The monoisotopic (exact) mass is 281 g/mol. The highest BCUT2D eigenvalue weighted by Crippen LogP contribution is 2.15. The molecule has 0 aliphatic heterocycles. The van der Waals surface area contributed by atoms with Crippen molar-refractivity contribution in [1.29, 1.82) is 0 Å². The summed E-state index contributed by atoms with van der Waals surface area (Å²) in [4.78, 5) is 15.3. The smallest absolute Gasteiger partial charge is 0.176 e. The molecule has 0 aliphatic rings. The van der Waals surface area contributed by atoms with Crippen molar-refractivity contribution < 1.29 is 9.90 Å². The minimum Gasteiger partial charge on any atom is -0.395 e. The molecule has 1 rings (SSSR count). The SMILES string of the molecule is CCCCN(CCO)CC(=O)c1ccc(SC)cc1. The molecule has 106 valence electrons. The maximum atomic E-state index is 12.2. The van der Waals surface area contributed by atoms with Gasteiger partial charge in [0, 0.05) is 17.0 Å². The van der Waals surface area contributed by atoms with Gasteiger partial charge in [-0.2, -0.15) is 0 Å². The van der Waals surface area contributed by atoms with Crippen LogP contribution in [0.2, 0.25) is 0 Å². The molecule has 1 N–H and O–H groups in total. The molecule has 19 heavy (non-hydrogen) atoms. The van der Waals surface area contributed by atoms with Gasteiger partial charge in [0.05, 0.1) is 13.2 Å². The molecule has 4 heteroatoms. The lowest BCUT2D eigenvalue weighted by Crippen LogP contribution is -2.33. The third-order valence-electron chi connectivity index (χ3n) is 3.02. The van der Waals surface area contributed by atoms with E-state index < -0.39 is 0 Å². The van der Waals surface area contributed by atoms with Crippen LogP contribution in [0.15, 0.2) is 29.2 Å². The number of hydrogen-bond donors (Lipinski definition) is 1. The molecule has 0 amide bonds. The van der Waals surface area contributed by atoms with E-state index in [1.807, 2.05) is 35.4 Å². The molecule has 0 radical (unpaired) electrons. The summed E-state index contributed by atoms with van der Waals surface area (Å²) in [5.41, 5.74) is 0.747. The summed E-state index contributed by atoms with van der Waals surface area (Å²) in [6.45, 7) is 4.04. The molecule has 1 aromatic carbocycles. The van der Waals surface area contributed by atoms with Crippen LogP contribution in [0.25, 0.3) is 0 Å². The van der Waals surface area contributed by atoms with Gasteiger partial charge in [0.1, 0.15) is 0 Å². The predicted molar refractivity (Wildman–Crippen MR) is 81.0 cm³/mol. The first-order valence-electron chi connectivity index (χ1n) is 6.71. The second-order valence-corrected chi connectivity index (χ2v) is 5.38. The Bertz CT molecular complexity index is 378. The molecule has 3 nitrogen and oxygen atoms in total. The van der Waals surface area contributed by atoms with Crippen LogP contribution in [-0.4, -0.2) is 48.3 Å². The molecule has 0 bridgehead atoms. The Morgan fingerprint density at radius 3 is 2.47 bits per heavy atom. The fraction of sp³-hybridized carbons (Fsp3) is 0.533. The van der Waals surface area contributed by atoms with Crippen molar-refractivity contribution in [2.24, 2.45) is 0 Å². The van der Waals surface area contributed by atoms with E-state index in [9.17, 15) is 4.79 Å². The highest BCUT2D eigenvalue weighted by molar-refractivity contribution is 7.98. The number of hydrogen-bond acceptors (Lipinski definition) is 4. The maximum Gasteiger partial charge on any atom is 0.176 e. The summed E-state index contributed by atoms with van der Waals surface area (Å²) in [5, 5.41) is 9.03. The minimum atomic E-state index is 0.0996. The quantitative estimate of drug-likeness (QED) is 0.558. The second kappa shape index (κ2) is 9.13. The second-order valence-electron chi connectivity index (χ2n) is 4.50. The summed E-state index contributed by atoms with van der Waals surface area (Å²) in [7, 11) is 0. The van der Waals surface area contributed by atoms with Gasteiger partial charge in [0.15, 0.2) is 5.78 Å². The Labute approximate surface area is 120 Å². The first-order valence-corrected chi connectivity index (χ1v) is 7.94. The Kier molecular flexibility index (Phi) is 7.79. The number of ketones is 1. The molecule has 0 saturated heterocycles. The minimum absolute atomic E-state index is 0.0996. The predicted octanol–water partition coefficient (Wildman–Crippen LogP) is 2.69. The van der Waals surface area contributed by atoms with Crippen LogP contribution in [0, 0.1) is 0 Å². The van der Waals surface area contributed by atoms with Gasteiger partial charge < -0.3 is 5.11 Å². The van der Waals surface area contributed by atoms with Gasteiger partial charge in [-0.25, -0.2) is 0 Å². The zero-order valence-corrected chi connectivity index (χ0v) is 12.6. The summed E-state index contributed by atoms with van der Waals surface area (Å²) < 4.78 is 0. The van der Waals surface area contributed by atoms with E-state index in [4.69, 9.17) is 5.11 Å². The fourth-order valence-corrected chi connectivity index (χ4v) is 2.27. The fourth-order valence-electron chi connectivity index (χ4n) is 1.86. The highest BCUT2D eigenvalue weighted by atomic mass is 32.2. The molecule has 0 heterocycles. The molecule has 0 aromatic heterocycles. The average molecular weight is 281 g/mol. The average Bonchev–Trinajstić information content (AvgIpc) is 2.45. The molecule has 0 spiro atoms. The van der Waals surface area contributed by atoms with Gasteiger partial charge in [0.2, 0.25) is 0 Å². The van der Waals surface area contributed by atoms with E-state index in [2.05, 4.69) is 6.92 Å². The van der Waals surface area contributed by atoms with Gasteiger partial charge >= 0.3 is 0 Å². The number of aliphatic hydroxyl groups is 1. The van der Waals surface area contributed by atoms with Crippen molar-refractivity contribution in [2.75, 3.05) is 32.5 Å². The van der Waals surface area contributed by atoms with Crippen molar-refractivity contribution in [3.8, 4) is 0 Å². The zero-order valence-electron chi connectivity index (χ0n) is 11.8. The van der Waals surface area contributed by atoms with Crippen LogP contribution in [-0.2, 0) is 0 Å². The summed E-state index contributed by atoms with van der Waals surface area (Å²) >= 11 is 1.67. The molecule has 0 atom stereocenters. The van der Waals surface area contributed by atoms with Crippen molar-refractivity contribution in [3.63, 3.8) is 0 Å². The van der Waals surface area contributed by atoms with E-state index in [0.717, 1.165) is 29.8 Å². The molecule has 1 aromatic rings. The van der Waals surface area contributed by atoms with Gasteiger partial charge in [0.25, 0.3) is 0 Å². The Balaban J connectivity index is 2.58. The van der Waals surface area contributed by atoms with Crippen LogP contribution in [0.4, 0.5) is 0 Å². The molecule has 0 aliphatic carbocycles. The van der Waals surface area contributed by atoms with Crippen molar-refractivity contribution in [1.82, 2.24) is 4.90 Å². The van der Waals surface area contributed by atoms with E-state index in [0.29, 0.717) is 13.1 Å². The Morgan fingerprint density at radius 1 is 1.26 bits per heavy atom. The van der Waals surface area contributed by atoms with Gasteiger partial charge in [-0.15, -0.1) is 11.8 Å². The van der Waals surface area contributed by atoms with E-state index >= 15 is 0 Å². The maximum absolute atomic E-state index is 12.2. The Morgan fingerprint density at radius 2 is 1.95 bits per heavy atom. The lowest BCUT2D eigenvalue weighted by atomic mass is 10.1. The van der Waals surface area contributed by atoms with Gasteiger partial charge in [-0.05, 0) is 31.4 Å². The van der Waals surface area contributed by atoms with Crippen LogP contribution in [0.1, 0.15) is 30.1 Å². The molecule has 0 saturated carbocycles. The van der Waals surface area contributed by atoms with Crippen molar-refractivity contribution in [2.45, 2.75) is 24.7 Å². The number of carbonyl (C=O) groups is 1. The number of thioether (sulfide) groups is 1. The zero-order chi connectivity index (χ0) is 14.1. The van der Waals surface area contributed by atoms with E-state index in [1.165, 1.54) is 0 Å². The lowest BCUT2D eigenvalue weighted by Gasteiger charge is -2.20. The number of benzene rings is 1. The largest absolute Gasteiger partial charge is 0.395 e. The van der Waals surface area contributed by atoms with Crippen LogP contribution in [0.3, 0.4) is 0 Å². The topological polar surface area (TPSA) is 40.5 Å². The summed E-state index contributed by atoms with van der Waals surface area (Å²) in [6.07, 6.45) is 4.17. The third kappa shape index (κ3) is 5.76. The van der Waals surface area contributed by atoms with Crippen LogP contribution < -0.4 is 0 Å². The third-order valence-corrected chi connectivity index (χ3v) is 3.77. The van der Waals surface area contributed by atoms with E-state index in [-0.39, 0.29) is 12.4 Å². The van der Waals surface area contributed by atoms with Crippen molar-refractivity contribution >= 4 is 17.5 Å².